The molecule has 0 unspecified atom stereocenters. The smallest absolute Gasteiger partial charge is 0.335 e. The second-order valence-corrected chi connectivity index (χ2v) is 5.59. The number of aromatic nitrogens is 4. The van der Waals surface area contributed by atoms with Crippen LogP contribution in [0, 0.1) is 5.41 Å². The van der Waals surface area contributed by atoms with Crippen LogP contribution in [0.3, 0.4) is 0 Å². The summed E-state index contributed by atoms with van der Waals surface area (Å²) in [5.41, 5.74) is 1.07. The lowest BCUT2D eigenvalue weighted by molar-refractivity contribution is 0.0697. The molecule has 1 N–H and O–H groups in total. The molecule has 0 atom stereocenters. The standard InChI is InChI=1S/C13H16N4O2/c1-13(2,3)8-17-15-11(14-16-17)9-4-6-10(7-5-9)12(18)19/h4-7H,8H2,1-3H3,(H,18,19). The maximum atomic E-state index is 10.8. The fourth-order valence-electron chi connectivity index (χ4n) is 1.61. The first-order chi connectivity index (χ1) is 8.85. The van der Waals surface area contributed by atoms with Gasteiger partial charge in [0.15, 0.2) is 0 Å². The van der Waals surface area contributed by atoms with Crippen LogP contribution in [0.25, 0.3) is 11.4 Å². The fourth-order valence-corrected chi connectivity index (χ4v) is 1.61. The Morgan fingerprint density at radius 2 is 1.89 bits per heavy atom. The molecule has 0 aliphatic heterocycles. The molecule has 100 valence electrons. The van der Waals surface area contributed by atoms with Crippen molar-refractivity contribution in [3.05, 3.63) is 29.8 Å². The third-order valence-corrected chi connectivity index (χ3v) is 2.46. The third kappa shape index (κ3) is 3.37. The number of benzene rings is 1. The largest absolute Gasteiger partial charge is 0.478 e. The highest BCUT2D eigenvalue weighted by molar-refractivity contribution is 5.88. The van der Waals surface area contributed by atoms with Gasteiger partial charge in [-0.2, -0.15) is 4.80 Å². The van der Waals surface area contributed by atoms with Crippen molar-refractivity contribution >= 4 is 5.97 Å². The lowest BCUT2D eigenvalue weighted by Gasteiger charge is -2.15. The number of hydrogen-bond acceptors (Lipinski definition) is 4. The monoisotopic (exact) mass is 260 g/mol. The van der Waals surface area contributed by atoms with Gasteiger partial charge in [-0.25, -0.2) is 4.79 Å². The minimum absolute atomic E-state index is 0.0745. The first kappa shape index (κ1) is 13.2. The van der Waals surface area contributed by atoms with E-state index in [0.29, 0.717) is 12.4 Å². The van der Waals surface area contributed by atoms with E-state index in [2.05, 4.69) is 36.2 Å². The van der Waals surface area contributed by atoms with E-state index < -0.39 is 5.97 Å². The average Bonchev–Trinajstić information content (AvgIpc) is 2.75. The molecule has 2 rings (SSSR count). The van der Waals surface area contributed by atoms with E-state index in [4.69, 9.17) is 5.11 Å². The zero-order valence-electron chi connectivity index (χ0n) is 11.2. The molecule has 0 saturated heterocycles. The van der Waals surface area contributed by atoms with Gasteiger partial charge < -0.3 is 5.11 Å². The van der Waals surface area contributed by atoms with E-state index in [1.165, 1.54) is 12.1 Å². The van der Waals surface area contributed by atoms with Gasteiger partial charge in [-0.05, 0) is 22.8 Å². The molecule has 19 heavy (non-hydrogen) atoms. The van der Waals surface area contributed by atoms with Crippen LogP contribution in [0.2, 0.25) is 0 Å². The number of carboxylic acid groups (broad SMARTS) is 1. The van der Waals surface area contributed by atoms with Crippen molar-refractivity contribution in [1.29, 1.82) is 0 Å². The second-order valence-electron chi connectivity index (χ2n) is 5.59. The Kier molecular flexibility index (Phi) is 3.33. The number of rotatable bonds is 3. The lowest BCUT2D eigenvalue weighted by Crippen LogP contribution is -2.17. The van der Waals surface area contributed by atoms with Gasteiger partial charge in [0.1, 0.15) is 0 Å². The normalized spacial score (nSPS) is 11.5. The molecule has 0 spiro atoms. The molecule has 0 saturated carbocycles. The molecule has 2 aromatic rings. The predicted octanol–water partition coefficient (Wildman–Crippen LogP) is 2.08. The summed E-state index contributed by atoms with van der Waals surface area (Å²) >= 11 is 0. The summed E-state index contributed by atoms with van der Waals surface area (Å²) in [5, 5.41) is 21.1. The van der Waals surface area contributed by atoms with Crippen LogP contribution in [0.5, 0.6) is 0 Å². The minimum atomic E-state index is -0.948. The molecule has 1 heterocycles. The van der Waals surface area contributed by atoms with Crippen molar-refractivity contribution in [2.24, 2.45) is 5.41 Å². The average molecular weight is 260 g/mol. The summed E-state index contributed by atoms with van der Waals surface area (Å²) in [5.74, 6) is -0.447. The van der Waals surface area contributed by atoms with Crippen LogP contribution in [0.4, 0.5) is 0 Å². The molecular weight excluding hydrogens is 244 g/mol. The summed E-state index contributed by atoms with van der Waals surface area (Å²) in [7, 11) is 0. The van der Waals surface area contributed by atoms with E-state index in [1.807, 2.05) is 0 Å². The molecule has 0 amide bonds. The first-order valence-electron chi connectivity index (χ1n) is 5.97. The van der Waals surface area contributed by atoms with E-state index in [-0.39, 0.29) is 11.0 Å². The Hall–Kier alpha value is -2.24. The zero-order valence-corrected chi connectivity index (χ0v) is 11.2. The summed E-state index contributed by atoms with van der Waals surface area (Å²) < 4.78 is 0. The summed E-state index contributed by atoms with van der Waals surface area (Å²) in [6.07, 6.45) is 0. The number of carbonyl (C=O) groups is 1. The number of hydrogen-bond donors (Lipinski definition) is 1. The third-order valence-electron chi connectivity index (χ3n) is 2.46. The number of carboxylic acids is 1. The fraction of sp³-hybridized carbons (Fsp3) is 0.385. The van der Waals surface area contributed by atoms with Crippen LogP contribution < -0.4 is 0 Å². The van der Waals surface area contributed by atoms with Gasteiger partial charge in [-0.3, -0.25) is 0 Å². The van der Waals surface area contributed by atoms with E-state index >= 15 is 0 Å². The van der Waals surface area contributed by atoms with Crippen molar-refractivity contribution < 1.29 is 9.90 Å². The highest BCUT2D eigenvalue weighted by Gasteiger charge is 2.14. The quantitative estimate of drug-likeness (QED) is 0.913. The van der Waals surface area contributed by atoms with E-state index in [9.17, 15) is 4.79 Å². The predicted molar refractivity (Wildman–Crippen MR) is 69.7 cm³/mol. The number of aromatic carboxylic acids is 1. The van der Waals surface area contributed by atoms with Gasteiger partial charge in [-0.15, -0.1) is 10.2 Å². The van der Waals surface area contributed by atoms with Gasteiger partial charge in [0.25, 0.3) is 0 Å². The first-order valence-corrected chi connectivity index (χ1v) is 5.97. The van der Waals surface area contributed by atoms with Crippen molar-refractivity contribution in [3.8, 4) is 11.4 Å². The Bertz CT molecular complexity index is 581. The summed E-state index contributed by atoms with van der Waals surface area (Å²) in [6.45, 7) is 6.96. The molecule has 6 nitrogen and oxygen atoms in total. The van der Waals surface area contributed by atoms with Crippen molar-refractivity contribution in [2.45, 2.75) is 27.3 Å². The molecule has 6 heteroatoms. The Labute approximate surface area is 111 Å². The number of nitrogens with zero attached hydrogens (tertiary/aromatic N) is 4. The van der Waals surface area contributed by atoms with Gasteiger partial charge in [-0.1, -0.05) is 32.9 Å². The zero-order chi connectivity index (χ0) is 14.0. The van der Waals surface area contributed by atoms with E-state index in [1.54, 1.807) is 16.9 Å². The van der Waals surface area contributed by atoms with Gasteiger partial charge in [0.05, 0.1) is 12.1 Å². The molecule has 1 aromatic heterocycles. The van der Waals surface area contributed by atoms with Gasteiger partial charge >= 0.3 is 5.97 Å². The Balaban J connectivity index is 2.20. The lowest BCUT2D eigenvalue weighted by atomic mass is 9.97. The SMILES string of the molecule is CC(C)(C)Cn1nnc(-c2ccc(C(=O)O)cc2)n1. The highest BCUT2D eigenvalue weighted by Crippen LogP contribution is 2.17. The molecule has 0 fully saturated rings. The van der Waals surface area contributed by atoms with Crippen molar-refractivity contribution in [2.75, 3.05) is 0 Å². The summed E-state index contributed by atoms with van der Waals surface area (Å²) in [6, 6.07) is 6.42. The van der Waals surface area contributed by atoms with Gasteiger partial charge in [0.2, 0.25) is 5.82 Å². The van der Waals surface area contributed by atoms with Crippen LogP contribution >= 0.6 is 0 Å². The molecule has 0 bridgehead atoms. The Morgan fingerprint density at radius 1 is 1.26 bits per heavy atom. The highest BCUT2D eigenvalue weighted by atomic mass is 16.4. The van der Waals surface area contributed by atoms with E-state index in [0.717, 1.165) is 5.56 Å². The number of tetrazole rings is 1. The molecule has 1 aromatic carbocycles. The minimum Gasteiger partial charge on any atom is -0.478 e. The molecule has 0 aliphatic rings. The topological polar surface area (TPSA) is 80.9 Å². The maximum Gasteiger partial charge on any atom is 0.335 e. The Morgan fingerprint density at radius 3 is 2.42 bits per heavy atom. The van der Waals surface area contributed by atoms with Crippen molar-refractivity contribution in [3.63, 3.8) is 0 Å². The van der Waals surface area contributed by atoms with Crippen LogP contribution in [-0.2, 0) is 6.54 Å². The van der Waals surface area contributed by atoms with Crippen LogP contribution in [0.1, 0.15) is 31.1 Å². The van der Waals surface area contributed by atoms with Crippen molar-refractivity contribution in [1.82, 2.24) is 20.2 Å². The molecule has 0 radical (unpaired) electrons. The second kappa shape index (κ2) is 4.79. The van der Waals surface area contributed by atoms with Crippen LogP contribution in [0.15, 0.2) is 24.3 Å². The van der Waals surface area contributed by atoms with Gasteiger partial charge in [0, 0.05) is 5.56 Å². The molecular formula is C13H16N4O2. The maximum absolute atomic E-state index is 10.8. The summed E-state index contributed by atoms with van der Waals surface area (Å²) in [4.78, 5) is 12.3. The molecule has 0 aliphatic carbocycles. The van der Waals surface area contributed by atoms with Crippen LogP contribution in [-0.4, -0.2) is 31.3 Å².